The molecular formula is C30H50O6. The van der Waals surface area contributed by atoms with Gasteiger partial charge < -0.3 is 25.5 Å². The second-order valence-electron chi connectivity index (χ2n) is 14.7. The number of hydrogen-bond donors (Lipinski definition) is 5. The lowest BCUT2D eigenvalue weighted by Gasteiger charge is -2.68. The number of rotatable bonds is 5. The zero-order chi connectivity index (χ0) is 27.2. The first-order valence-corrected chi connectivity index (χ1v) is 14.0. The fourth-order valence-corrected chi connectivity index (χ4v) is 9.87. The van der Waals surface area contributed by atoms with Crippen molar-refractivity contribution in [1.82, 2.24) is 0 Å². The molecule has 0 aliphatic heterocycles. The van der Waals surface area contributed by atoms with E-state index in [4.69, 9.17) is 0 Å². The SMILES string of the molecule is C[C@H](C[C@H](O)[C@@H](O)C(C)(C)O)C1=C2C[C@H](O)[C@H]3[C@@]4(C)CCC(=O)C(C)(C)[C@@H]4CC[C@]3(C)[C@@]2(C)C[C@@H]1O. The molecule has 4 aliphatic rings. The molecule has 0 radical (unpaired) electrons. The predicted molar refractivity (Wildman–Crippen MR) is 139 cm³/mol. The van der Waals surface area contributed by atoms with Gasteiger partial charge in [0.25, 0.3) is 0 Å². The summed E-state index contributed by atoms with van der Waals surface area (Å²) in [6, 6.07) is 0. The smallest absolute Gasteiger partial charge is 0.138 e. The molecule has 3 saturated carbocycles. The summed E-state index contributed by atoms with van der Waals surface area (Å²) in [6.07, 6.45) is 0.882. The first-order chi connectivity index (χ1) is 16.3. The van der Waals surface area contributed by atoms with Gasteiger partial charge in [0.2, 0.25) is 0 Å². The van der Waals surface area contributed by atoms with Gasteiger partial charge in [-0.25, -0.2) is 0 Å². The van der Waals surface area contributed by atoms with Crippen LogP contribution in [0, 0.1) is 39.4 Å². The Hall–Kier alpha value is -0.790. The van der Waals surface area contributed by atoms with Crippen molar-refractivity contribution in [3.05, 3.63) is 11.1 Å². The Morgan fingerprint density at radius 2 is 1.67 bits per heavy atom. The molecule has 4 rings (SSSR count). The number of hydrogen-bond acceptors (Lipinski definition) is 6. The molecule has 0 aromatic rings. The summed E-state index contributed by atoms with van der Waals surface area (Å²) in [5.74, 6) is 0.407. The lowest BCUT2D eigenvalue weighted by atomic mass is 9.36. The Kier molecular flexibility index (Phi) is 6.75. The minimum atomic E-state index is -1.43. The van der Waals surface area contributed by atoms with Gasteiger partial charge >= 0.3 is 0 Å². The summed E-state index contributed by atoms with van der Waals surface area (Å²) < 4.78 is 0. The quantitative estimate of drug-likeness (QED) is 0.362. The van der Waals surface area contributed by atoms with Gasteiger partial charge in [-0.05, 0) is 91.9 Å². The molecule has 0 heterocycles. The second-order valence-corrected chi connectivity index (χ2v) is 14.7. The molecule has 0 bridgehead atoms. The summed E-state index contributed by atoms with van der Waals surface area (Å²) in [7, 11) is 0. The monoisotopic (exact) mass is 506 g/mol. The van der Waals surface area contributed by atoms with E-state index >= 15 is 0 Å². The molecule has 0 saturated heterocycles. The van der Waals surface area contributed by atoms with Gasteiger partial charge in [-0.1, -0.05) is 47.1 Å². The minimum Gasteiger partial charge on any atom is -0.392 e. The van der Waals surface area contributed by atoms with Crippen LogP contribution in [-0.2, 0) is 4.79 Å². The number of ketones is 1. The molecule has 36 heavy (non-hydrogen) atoms. The highest BCUT2D eigenvalue weighted by atomic mass is 16.4. The van der Waals surface area contributed by atoms with Crippen molar-refractivity contribution in [2.24, 2.45) is 39.4 Å². The molecule has 10 atom stereocenters. The fraction of sp³-hybridized carbons (Fsp3) is 0.900. The number of carbonyl (C=O) groups is 1. The average Bonchev–Trinajstić information content (AvgIpc) is 3.00. The van der Waals surface area contributed by atoms with Crippen LogP contribution < -0.4 is 0 Å². The lowest BCUT2D eigenvalue weighted by Crippen LogP contribution is -2.65. The summed E-state index contributed by atoms with van der Waals surface area (Å²) in [4.78, 5) is 12.9. The van der Waals surface area contributed by atoms with Gasteiger partial charge in [0.05, 0.1) is 23.9 Å². The van der Waals surface area contributed by atoms with Crippen molar-refractivity contribution in [3.63, 3.8) is 0 Å². The maximum absolute atomic E-state index is 12.9. The number of aliphatic hydroxyl groups is 5. The van der Waals surface area contributed by atoms with Crippen molar-refractivity contribution in [2.45, 2.75) is 130 Å². The molecule has 0 aromatic heterocycles. The number of fused-ring (bicyclic) bond motifs is 5. The second kappa shape index (κ2) is 8.61. The Balaban J connectivity index is 1.71. The maximum atomic E-state index is 12.9. The summed E-state index contributed by atoms with van der Waals surface area (Å²) >= 11 is 0. The summed E-state index contributed by atoms with van der Waals surface area (Å²) in [5.41, 5.74) is -0.474. The Morgan fingerprint density at radius 3 is 2.25 bits per heavy atom. The molecule has 0 aromatic carbocycles. The van der Waals surface area contributed by atoms with Gasteiger partial charge in [0.15, 0.2) is 0 Å². The van der Waals surface area contributed by atoms with E-state index in [1.807, 2.05) is 6.92 Å². The predicted octanol–water partition coefficient (Wildman–Crippen LogP) is 3.77. The van der Waals surface area contributed by atoms with E-state index in [-0.39, 0.29) is 40.4 Å². The van der Waals surface area contributed by atoms with Crippen LogP contribution in [0.5, 0.6) is 0 Å². The third kappa shape index (κ3) is 3.80. The molecule has 0 amide bonds. The third-order valence-corrected chi connectivity index (χ3v) is 11.9. The van der Waals surface area contributed by atoms with Gasteiger partial charge in [0, 0.05) is 11.8 Å². The van der Waals surface area contributed by atoms with Crippen LogP contribution in [0.1, 0.15) is 100 Å². The van der Waals surface area contributed by atoms with Crippen LogP contribution in [0.2, 0.25) is 0 Å². The van der Waals surface area contributed by atoms with Gasteiger partial charge in [-0.3, -0.25) is 4.79 Å². The average molecular weight is 507 g/mol. The van der Waals surface area contributed by atoms with Crippen LogP contribution in [0.25, 0.3) is 0 Å². The van der Waals surface area contributed by atoms with E-state index in [1.165, 1.54) is 13.8 Å². The first kappa shape index (κ1) is 28.2. The first-order valence-electron chi connectivity index (χ1n) is 14.0. The molecule has 3 fully saturated rings. The highest BCUT2D eigenvalue weighted by molar-refractivity contribution is 5.85. The summed E-state index contributed by atoms with van der Waals surface area (Å²) in [5, 5.41) is 54.4. The normalized spacial score (nSPS) is 45.0. The molecule has 5 N–H and O–H groups in total. The molecule has 0 spiro atoms. The lowest BCUT2D eigenvalue weighted by molar-refractivity contribution is -0.209. The van der Waals surface area contributed by atoms with Crippen LogP contribution in [0.15, 0.2) is 11.1 Å². The van der Waals surface area contributed by atoms with E-state index in [2.05, 4.69) is 34.6 Å². The molecule has 6 heteroatoms. The van der Waals surface area contributed by atoms with E-state index in [1.54, 1.807) is 0 Å². The molecule has 4 aliphatic carbocycles. The number of aliphatic hydroxyl groups excluding tert-OH is 4. The van der Waals surface area contributed by atoms with Crippen molar-refractivity contribution in [1.29, 1.82) is 0 Å². The van der Waals surface area contributed by atoms with Gasteiger partial charge in [0.1, 0.15) is 11.9 Å². The fourth-order valence-electron chi connectivity index (χ4n) is 9.87. The Morgan fingerprint density at radius 1 is 1.06 bits per heavy atom. The van der Waals surface area contributed by atoms with Crippen LogP contribution in [0.4, 0.5) is 0 Å². The third-order valence-electron chi connectivity index (χ3n) is 11.9. The zero-order valence-electron chi connectivity index (χ0n) is 23.6. The van der Waals surface area contributed by atoms with Crippen molar-refractivity contribution in [3.8, 4) is 0 Å². The van der Waals surface area contributed by atoms with E-state index < -0.39 is 35.4 Å². The highest BCUT2D eigenvalue weighted by Gasteiger charge is 2.69. The van der Waals surface area contributed by atoms with E-state index in [0.717, 1.165) is 30.4 Å². The largest absolute Gasteiger partial charge is 0.392 e. The van der Waals surface area contributed by atoms with Gasteiger partial charge in [-0.15, -0.1) is 0 Å². The molecule has 0 unspecified atom stereocenters. The highest BCUT2D eigenvalue weighted by Crippen LogP contribution is 2.74. The van der Waals surface area contributed by atoms with E-state index in [0.29, 0.717) is 25.0 Å². The maximum Gasteiger partial charge on any atom is 0.138 e. The van der Waals surface area contributed by atoms with Crippen molar-refractivity contribution in [2.75, 3.05) is 0 Å². The Labute approximate surface area is 217 Å². The molecule has 206 valence electrons. The summed E-state index contributed by atoms with van der Waals surface area (Å²) in [6.45, 7) is 16.0. The van der Waals surface area contributed by atoms with Crippen molar-refractivity contribution >= 4 is 5.78 Å². The van der Waals surface area contributed by atoms with Crippen molar-refractivity contribution < 1.29 is 30.3 Å². The standard InChI is InChI=1S/C30H50O6/c1-16(13-19(32)25(35)27(4,5)36)23-17-14-18(31)24-28(6)11-10-22(34)26(2,3)21(28)9-12-29(24,7)30(17,8)15-20(23)33/h16,18-21,24-25,31-33,35-36H,9-15H2,1-8H3/t16-,18+,19+,20+,21+,24+,25-,28+,29+,30+/m1/s1. The molecular weight excluding hydrogens is 456 g/mol. The Bertz CT molecular complexity index is 932. The van der Waals surface area contributed by atoms with Crippen LogP contribution in [-0.4, -0.2) is 61.3 Å². The van der Waals surface area contributed by atoms with Crippen LogP contribution in [0.3, 0.4) is 0 Å². The van der Waals surface area contributed by atoms with Gasteiger partial charge in [-0.2, -0.15) is 0 Å². The number of carbonyl (C=O) groups excluding carboxylic acids is 1. The molecule has 6 nitrogen and oxygen atoms in total. The van der Waals surface area contributed by atoms with Crippen LogP contribution >= 0.6 is 0 Å². The minimum absolute atomic E-state index is 0.0364. The zero-order valence-corrected chi connectivity index (χ0v) is 23.6. The number of Topliss-reactive ketones (excluding diaryl/α,β-unsaturated/α-hetero) is 1. The topological polar surface area (TPSA) is 118 Å². The van der Waals surface area contributed by atoms with E-state index in [9.17, 15) is 30.3 Å².